The third-order valence-corrected chi connectivity index (χ3v) is 6.01. The number of halogens is 1. The summed E-state index contributed by atoms with van der Waals surface area (Å²) in [6.07, 6.45) is 4.08. The molecule has 2 aliphatic rings. The zero-order valence-corrected chi connectivity index (χ0v) is 19.6. The predicted molar refractivity (Wildman–Crippen MR) is 122 cm³/mol. The van der Waals surface area contributed by atoms with Crippen LogP contribution in [0.5, 0.6) is 0 Å². The van der Waals surface area contributed by atoms with Gasteiger partial charge in [0.2, 0.25) is 0 Å². The summed E-state index contributed by atoms with van der Waals surface area (Å²) in [7, 11) is 0. The van der Waals surface area contributed by atoms with Crippen molar-refractivity contribution in [3.05, 3.63) is 41.7 Å². The highest BCUT2D eigenvalue weighted by Crippen LogP contribution is 2.30. The quantitative estimate of drug-likeness (QED) is 0.624. The van der Waals surface area contributed by atoms with E-state index in [9.17, 15) is 14.0 Å². The number of nitrogens with zero attached hydrogens (tertiary/aromatic N) is 2. The van der Waals surface area contributed by atoms with Gasteiger partial charge in [-0.1, -0.05) is 18.2 Å². The average molecular weight is 447 g/mol. The van der Waals surface area contributed by atoms with Crippen LogP contribution in [-0.4, -0.2) is 66.3 Å². The van der Waals surface area contributed by atoms with E-state index in [4.69, 9.17) is 9.47 Å². The maximum Gasteiger partial charge on any atom is 0.410 e. The largest absolute Gasteiger partial charge is 0.465 e. The summed E-state index contributed by atoms with van der Waals surface area (Å²) >= 11 is 0. The summed E-state index contributed by atoms with van der Waals surface area (Å²) < 4.78 is 24.2. The van der Waals surface area contributed by atoms with E-state index >= 15 is 0 Å². The first kappa shape index (κ1) is 24.2. The van der Waals surface area contributed by atoms with Crippen molar-refractivity contribution in [2.45, 2.75) is 58.6 Å². The molecule has 0 radical (unpaired) electrons. The van der Waals surface area contributed by atoms with Gasteiger partial charge in [-0.25, -0.2) is 9.18 Å². The number of rotatable bonds is 5. The standard InChI is InChI=1S/C25H35FN2O4/c1-5-31-23(29)22(20-12-16-28(17-13-20)24(30)32-25(2,3)4)27-14-10-19(11-15-27)18-6-8-21(26)9-7-18/h6-10,20,22H,5,11-17H2,1-4H3. The fourth-order valence-electron chi connectivity index (χ4n) is 4.46. The Morgan fingerprint density at radius 2 is 1.78 bits per heavy atom. The maximum absolute atomic E-state index is 13.2. The number of benzene rings is 1. The summed E-state index contributed by atoms with van der Waals surface area (Å²) in [5.41, 5.74) is 1.66. The van der Waals surface area contributed by atoms with Crippen molar-refractivity contribution in [3.8, 4) is 0 Å². The van der Waals surface area contributed by atoms with Crippen LogP contribution >= 0.6 is 0 Å². The molecule has 0 saturated carbocycles. The predicted octanol–water partition coefficient (Wildman–Crippen LogP) is 4.49. The Morgan fingerprint density at radius 1 is 1.12 bits per heavy atom. The minimum atomic E-state index is -0.524. The first-order chi connectivity index (χ1) is 15.2. The lowest BCUT2D eigenvalue weighted by Gasteiger charge is -2.41. The van der Waals surface area contributed by atoms with Gasteiger partial charge in [-0.3, -0.25) is 9.69 Å². The van der Waals surface area contributed by atoms with Gasteiger partial charge < -0.3 is 14.4 Å². The van der Waals surface area contributed by atoms with E-state index in [1.807, 2.05) is 27.7 Å². The molecule has 1 amide bonds. The first-order valence-corrected chi connectivity index (χ1v) is 11.5. The van der Waals surface area contributed by atoms with Gasteiger partial charge >= 0.3 is 12.1 Å². The molecule has 3 rings (SSSR count). The number of hydrogen-bond acceptors (Lipinski definition) is 5. The Balaban J connectivity index is 1.66. The fraction of sp³-hybridized carbons (Fsp3) is 0.600. The number of likely N-dealkylation sites (tertiary alicyclic amines) is 1. The lowest BCUT2D eigenvalue weighted by Crippen LogP contribution is -2.52. The SMILES string of the molecule is CCOC(=O)C(C1CCN(C(=O)OC(C)(C)C)CC1)N1CC=C(c2ccc(F)cc2)CC1. The number of esters is 1. The number of carbonyl (C=O) groups excluding carboxylic acids is 2. The fourth-order valence-corrected chi connectivity index (χ4v) is 4.46. The molecule has 0 aromatic heterocycles. The monoisotopic (exact) mass is 446 g/mol. The van der Waals surface area contributed by atoms with Crippen molar-refractivity contribution in [1.29, 1.82) is 0 Å². The molecular formula is C25H35FN2O4. The van der Waals surface area contributed by atoms with E-state index in [0.29, 0.717) is 26.2 Å². The highest BCUT2D eigenvalue weighted by molar-refractivity contribution is 5.77. The van der Waals surface area contributed by atoms with E-state index in [-0.39, 0.29) is 29.8 Å². The van der Waals surface area contributed by atoms with Gasteiger partial charge in [0.15, 0.2) is 0 Å². The van der Waals surface area contributed by atoms with Crippen LogP contribution in [0.4, 0.5) is 9.18 Å². The van der Waals surface area contributed by atoms with Gasteiger partial charge in [-0.05, 0) is 76.1 Å². The number of amides is 1. The second-order valence-electron chi connectivity index (χ2n) is 9.48. The van der Waals surface area contributed by atoms with E-state index in [1.165, 1.54) is 17.7 Å². The molecule has 0 N–H and O–H groups in total. The van der Waals surface area contributed by atoms with Gasteiger partial charge in [0.25, 0.3) is 0 Å². The molecule has 1 fully saturated rings. The molecule has 2 aliphatic heterocycles. The molecule has 6 nitrogen and oxygen atoms in total. The van der Waals surface area contributed by atoms with Crippen LogP contribution in [0.3, 0.4) is 0 Å². The average Bonchev–Trinajstić information content (AvgIpc) is 2.74. The molecule has 32 heavy (non-hydrogen) atoms. The Hall–Kier alpha value is -2.41. The lowest BCUT2D eigenvalue weighted by molar-refractivity contribution is -0.152. The molecule has 176 valence electrons. The Kier molecular flexibility index (Phi) is 7.93. The zero-order valence-electron chi connectivity index (χ0n) is 19.6. The molecular weight excluding hydrogens is 411 g/mol. The van der Waals surface area contributed by atoms with Gasteiger partial charge in [-0.15, -0.1) is 0 Å². The van der Waals surface area contributed by atoms with Crippen LogP contribution in [0, 0.1) is 11.7 Å². The minimum absolute atomic E-state index is 0.119. The topological polar surface area (TPSA) is 59.1 Å². The van der Waals surface area contributed by atoms with E-state index < -0.39 is 5.60 Å². The molecule has 0 spiro atoms. The Bertz CT molecular complexity index is 823. The van der Waals surface area contributed by atoms with Crippen molar-refractivity contribution in [2.75, 3.05) is 32.8 Å². The van der Waals surface area contributed by atoms with E-state index in [1.54, 1.807) is 17.0 Å². The van der Waals surface area contributed by atoms with Gasteiger partial charge in [0.05, 0.1) is 6.61 Å². The highest BCUT2D eigenvalue weighted by Gasteiger charge is 2.38. The second-order valence-corrected chi connectivity index (χ2v) is 9.48. The van der Waals surface area contributed by atoms with Crippen molar-refractivity contribution >= 4 is 17.6 Å². The molecule has 0 aliphatic carbocycles. The molecule has 1 atom stereocenters. The minimum Gasteiger partial charge on any atom is -0.465 e. The third kappa shape index (κ3) is 6.31. The van der Waals surface area contributed by atoms with Crippen LogP contribution < -0.4 is 0 Å². The van der Waals surface area contributed by atoms with Crippen molar-refractivity contribution in [3.63, 3.8) is 0 Å². The number of carbonyl (C=O) groups is 2. The van der Waals surface area contributed by atoms with E-state index in [0.717, 1.165) is 31.4 Å². The summed E-state index contributed by atoms with van der Waals surface area (Å²) in [6.45, 7) is 10.3. The van der Waals surface area contributed by atoms with Gasteiger partial charge in [0.1, 0.15) is 17.5 Å². The van der Waals surface area contributed by atoms with Crippen molar-refractivity contribution in [1.82, 2.24) is 9.80 Å². The Morgan fingerprint density at radius 3 is 2.31 bits per heavy atom. The number of ether oxygens (including phenoxy) is 2. The molecule has 1 saturated heterocycles. The summed E-state index contributed by atoms with van der Waals surface area (Å²) in [4.78, 5) is 29.2. The molecule has 0 bridgehead atoms. The number of hydrogen-bond donors (Lipinski definition) is 0. The van der Waals surface area contributed by atoms with Gasteiger partial charge in [-0.2, -0.15) is 0 Å². The van der Waals surface area contributed by atoms with Crippen LogP contribution in [0.2, 0.25) is 0 Å². The highest BCUT2D eigenvalue weighted by atomic mass is 19.1. The first-order valence-electron chi connectivity index (χ1n) is 11.5. The van der Waals surface area contributed by atoms with Crippen molar-refractivity contribution in [2.24, 2.45) is 5.92 Å². The molecule has 1 unspecified atom stereocenters. The van der Waals surface area contributed by atoms with E-state index in [2.05, 4.69) is 11.0 Å². The maximum atomic E-state index is 13.2. The smallest absolute Gasteiger partial charge is 0.410 e. The van der Waals surface area contributed by atoms with Crippen LogP contribution in [0.15, 0.2) is 30.3 Å². The summed E-state index contributed by atoms with van der Waals surface area (Å²) in [5.74, 6) is -0.317. The molecule has 1 aromatic rings. The van der Waals surface area contributed by atoms with Crippen LogP contribution in [-0.2, 0) is 14.3 Å². The Labute approximate surface area is 190 Å². The second kappa shape index (κ2) is 10.5. The van der Waals surface area contributed by atoms with Crippen LogP contribution in [0.1, 0.15) is 52.5 Å². The summed E-state index contributed by atoms with van der Waals surface area (Å²) in [5, 5.41) is 0. The molecule has 2 heterocycles. The molecule has 1 aromatic carbocycles. The summed E-state index contributed by atoms with van der Waals surface area (Å²) in [6, 6.07) is 6.21. The third-order valence-electron chi connectivity index (χ3n) is 6.01. The van der Waals surface area contributed by atoms with Crippen molar-refractivity contribution < 1.29 is 23.5 Å². The molecule has 7 heteroatoms. The zero-order chi connectivity index (χ0) is 23.3. The number of piperidine rings is 1. The normalized spacial score (nSPS) is 19.3. The van der Waals surface area contributed by atoms with Crippen LogP contribution in [0.25, 0.3) is 5.57 Å². The van der Waals surface area contributed by atoms with Gasteiger partial charge in [0, 0.05) is 26.2 Å². The lowest BCUT2D eigenvalue weighted by atomic mass is 9.87.